The van der Waals surface area contributed by atoms with Gasteiger partial charge < -0.3 is 25.4 Å². The van der Waals surface area contributed by atoms with Crippen LogP contribution in [0.4, 0.5) is 4.79 Å². The zero-order valence-electron chi connectivity index (χ0n) is 21.4. The number of hydrogen-bond acceptors (Lipinski definition) is 5. The van der Waals surface area contributed by atoms with E-state index in [4.69, 9.17) is 11.2 Å². The highest BCUT2D eigenvalue weighted by atomic mass is 16.6. The van der Waals surface area contributed by atoms with Crippen LogP contribution < -0.4 is 10.6 Å². The first-order chi connectivity index (χ1) is 15.7. The molecular formula is C26H39N3O5. The fourth-order valence-corrected chi connectivity index (χ4v) is 3.20. The van der Waals surface area contributed by atoms with Crippen LogP contribution in [0.2, 0.25) is 0 Å². The molecule has 0 saturated heterocycles. The third-order valence-corrected chi connectivity index (χ3v) is 4.66. The second-order valence-electron chi connectivity index (χ2n) is 10.2. The lowest BCUT2D eigenvalue weighted by molar-refractivity contribution is -0.143. The molecule has 0 saturated carbocycles. The molecular weight excluding hydrogens is 434 g/mol. The zero-order chi connectivity index (χ0) is 26.1. The maximum absolute atomic E-state index is 13.6. The quantitative estimate of drug-likeness (QED) is 0.478. The molecule has 8 nitrogen and oxygen atoms in total. The van der Waals surface area contributed by atoms with Crippen LogP contribution in [0.3, 0.4) is 0 Å². The standard InChI is InChI=1S/C26H39N3O5/c1-9-11-16-29(23(32)20(17-30)27-24(33)34-26(6,7)8)21(22(31)28-25(3,4)5)19-14-12-18(10-2)13-15-19/h2,12-15,20-21,30H,9,11,16-17H2,1,3-8H3,(H,27,33)(H,28,31). The van der Waals surface area contributed by atoms with Crippen LogP contribution in [0.1, 0.15) is 78.5 Å². The van der Waals surface area contributed by atoms with Crippen molar-refractivity contribution in [1.29, 1.82) is 0 Å². The number of aliphatic hydroxyl groups excluding tert-OH is 1. The third kappa shape index (κ3) is 9.44. The summed E-state index contributed by atoms with van der Waals surface area (Å²) in [5.41, 5.74) is -0.106. The van der Waals surface area contributed by atoms with Gasteiger partial charge in [-0.25, -0.2) is 4.79 Å². The van der Waals surface area contributed by atoms with Crippen LogP contribution in [0.15, 0.2) is 24.3 Å². The van der Waals surface area contributed by atoms with Gasteiger partial charge in [0.2, 0.25) is 11.8 Å². The second kappa shape index (κ2) is 12.4. The molecule has 34 heavy (non-hydrogen) atoms. The zero-order valence-corrected chi connectivity index (χ0v) is 21.4. The van der Waals surface area contributed by atoms with E-state index in [9.17, 15) is 19.5 Å². The molecule has 3 N–H and O–H groups in total. The Hall–Kier alpha value is -3.05. The molecule has 0 aliphatic carbocycles. The molecule has 1 rings (SSSR count). The number of aliphatic hydroxyl groups is 1. The predicted octanol–water partition coefficient (Wildman–Crippen LogP) is 3.14. The number of terminal acetylenes is 1. The van der Waals surface area contributed by atoms with Crippen molar-refractivity contribution in [2.45, 2.75) is 84.5 Å². The molecule has 1 aromatic carbocycles. The van der Waals surface area contributed by atoms with E-state index in [1.54, 1.807) is 45.0 Å². The van der Waals surface area contributed by atoms with Gasteiger partial charge in [0.15, 0.2) is 0 Å². The smallest absolute Gasteiger partial charge is 0.408 e. The third-order valence-electron chi connectivity index (χ3n) is 4.66. The average molecular weight is 474 g/mol. The van der Waals surface area contributed by atoms with E-state index in [1.165, 1.54) is 4.90 Å². The first-order valence-electron chi connectivity index (χ1n) is 11.5. The van der Waals surface area contributed by atoms with Gasteiger partial charge >= 0.3 is 6.09 Å². The molecule has 0 spiro atoms. The van der Waals surface area contributed by atoms with E-state index in [0.717, 1.165) is 6.42 Å². The molecule has 0 heterocycles. The van der Waals surface area contributed by atoms with Gasteiger partial charge in [0, 0.05) is 17.6 Å². The highest BCUT2D eigenvalue weighted by Crippen LogP contribution is 2.25. The Bertz CT molecular complexity index is 876. The minimum atomic E-state index is -1.28. The monoisotopic (exact) mass is 473 g/mol. The van der Waals surface area contributed by atoms with Gasteiger partial charge in [-0.3, -0.25) is 9.59 Å². The number of amides is 3. The summed E-state index contributed by atoms with van der Waals surface area (Å²) in [6.45, 7) is 12.2. The molecule has 0 bridgehead atoms. The van der Waals surface area contributed by atoms with Crippen LogP contribution in [-0.4, -0.2) is 58.2 Å². The lowest BCUT2D eigenvalue weighted by atomic mass is 9.99. The molecule has 188 valence electrons. The topological polar surface area (TPSA) is 108 Å². The number of ether oxygens (including phenoxy) is 1. The summed E-state index contributed by atoms with van der Waals surface area (Å²) in [5, 5.41) is 15.3. The lowest BCUT2D eigenvalue weighted by Gasteiger charge is -2.35. The van der Waals surface area contributed by atoms with Crippen molar-refractivity contribution in [2.24, 2.45) is 0 Å². The van der Waals surface area contributed by atoms with E-state index < -0.39 is 41.8 Å². The average Bonchev–Trinajstić information content (AvgIpc) is 2.72. The van der Waals surface area contributed by atoms with Gasteiger partial charge in [0.25, 0.3) is 0 Å². The number of alkyl carbamates (subject to hydrolysis) is 1. The molecule has 0 aromatic heterocycles. The molecule has 2 unspecified atom stereocenters. The van der Waals surface area contributed by atoms with Crippen molar-refractivity contribution in [3.63, 3.8) is 0 Å². The number of unbranched alkanes of at least 4 members (excludes halogenated alkanes) is 1. The van der Waals surface area contributed by atoms with E-state index in [2.05, 4.69) is 16.6 Å². The lowest BCUT2D eigenvalue weighted by Crippen LogP contribution is -2.55. The Morgan fingerprint density at radius 3 is 2.15 bits per heavy atom. The largest absolute Gasteiger partial charge is 0.444 e. The van der Waals surface area contributed by atoms with Crippen molar-refractivity contribution in [1.82, 2.24) is 15.5 Å². The highest BCUT2D eigenvalue weighted by molar-refractivity contribution is 5.92. The fourth-order valence-electron chi connectivity index (χ4n) is 3.20. The van der Waals surface area contributed by atoms with Gasteiger partial charge in [-0.1, -0.05) is 31.4 Å². The van der Waals surface area contributed by atoms with E-state index in [1.807, 2.05) is 27.7 Å². The first kappa shape index (κ1) is 29.0. The molecule has 0 fully saturated rings. The Labute approximate surface area is 203 Å². The molecule has 0 aliphatic rings. The summed E-state index contributed by atoms with van der Waals surface area (Å²) in [7, 11) is 0. The van der Waals surface area contributed by atoms with E-state index in [0.29, 0.717) is 17.5 Å². The van der Waals surface area contributed by atoms with Crippen molar-refractivity contribution in [3.8, 4) is 12.3 Å². The number of carbonyl (C=O) groups excluding carboxylic acids is 3. The Kier molecular flexibility index (Phi) is 10.6. The molecule has 2 atom stereocenters. The van der Waals surface area contributed by atoms with Crippen molar-refractivity contribution in [2.75, 3.05) is 13.2 Å². The van der Waals surface area contributed by atoms with Gasteiger partial charge in [0.05, 0.1) is 6.61 Å². The normalized spacial score (nSPS) is 13.3. The summed E-state index contributed by atoms with van der Waals surface area (Å²) in [6, 6.07) is 4.57. The Morgan fingerprint density at radius 1 is 1.12 bits per heavy atom. The van der Waals surface area contributed by atoms with Crippen molar-refractivity contribution in [3.05, 3.63) is 35.4 Å². The Balaban J connectivity index is 3.41. The molecule has 0 radical (unpaired) electrons. The molecule has 3 amide bonds. The second-order valence-corrected chi connectivity index (χ2v) is 10.2. The summed E-state index contributed by atoms with van der Waals surface area (Å²) in [6.07, 6.45) is 6.04. The number of carbonyl (C=O) groups is 3. The molecule has 0 aliphatic heterocycles. The minimum absolute atomic E-state index is 0.251. The summed E-state index contributed by atoms with van der Waals surface area (Å²) in [4.78, 5) is 40.7. The van der Waals surface area contributed by atoms with Crippen molar-refractivity contribution < 1.29 is 24.2 Å². The Morgan fingerprint density at radius 2 is 1.71 bits per heavy atom. The number of rotatable bonds is 9. The van der Waals surface area contributed by atoms with Crippen LogP contribution in [0, 0.1) is 12.3 Å². The van der Waals surface area contributed by atoms with Gasteiger partial charge in [-0.2, -0.15) is 0 Å². The summed E-state index contributed by atoms with van der Waals surface area (Å²) in [5.74, 6) is 1.58. The SMILES string of the molecule is C#Cc1ccc(C(C(=O)NC(C)(C)C)N(CCCC)C(=O)C(CO)NC(=O)OC(C)(C)C)cc1. The maximum atomic E-state index is 13.6. The highest BCUT2D eigenvalue weighted by Gasteiger charge is 2.36. The van der Waals surface area contributed by atoms with Gasteiger partial charge in [0.1, 0.15) is 17.7 Å². The maximum Gasteiger partial charge on any atom is 0.408 e. The fraction of sp³-hybridized carbons (Fsp3) is 0.577. The number of nitrogens with one attached hydrogen (secondary N) is 2. The number of benzene rings is 1. The van der Waals surface area contributed by atoms with Crippen LogP contribution in [0.5, 0.6) is 0 Å². The first-order valence-corrected chi connectivity index (χ1v) is 11.5. The summed E-state index contributed by atoms with van der Waals surface area (Å²) >= 11 is 0. The van der Waals surface area contributed by atoms with Crippen LogP contribution in [0.25, 0.3) is 0 Å². The van der Waals surface area contributed by atoms with E-state index >= 15 is 0 Å². The van der Waals surface area contributed by atoms with Gasteiger partial charge in [-0.05, 0) is 65.7 Å². The predicted molar refractivity (Wildman–Crippen MR) is 132 cm³/mol. The van der Waals surface area contributed by atoms with Crippen LogP contribution >= 0.6 is 0 Å². The number of nitrogens with zero attached hydrogens (tertiary/aromatic N) is 1. The van der Waals surface area contributed by atoms with Crippen molar-refractivity contribution >= 4 is 17.9 Å². The van der Waals surface area contributed by atoms with E-state index in [-0.39, 0.29) is 12.5 Å². The van der Waals surface area contributed by atoms with Crippen LogP contribution in [-0.2, 0) is 14.3 Å². The summed E-state index contributed by atoms with van der Waals surface area (Å²) < 4.78 is 5.24. The molecule has 8 heteroatoms. The number of hydrogen-bond donors (Lipinski definition) is 3. The molecule has 1 aromatic rings. The van der Waals surface area contributed by atoms with Gasteiger partial charge in [-0.15, -0.1) is 6.42 Å². The minimum Gasteiger partial charge on any atom is -0.444 e.